The molecule has 0 aliphatic heterocycles. The fourth-order valence-electron chi connectivity index (χ4n) is 2.75. The second-order valence-electron chi connectivity index (χ2n) is 5.58. The first-order valence-corrected chi connectivity index (χ1v) is 7.06. The van der Waals surface area contributed by atoms with Gasteiger partial charge in [0.25, 0.3) is 5.91 Å². The Morgan fingerprint density at radius 1 is 1.25 bits per heavy atom. The lowest BCUT2D eigenvalue weighted by Crippen LogP contribution is -2.47. The fourth-order valence-corrected chi connectivity index (χ4v) is 2.75. The lowest BCUT2D eigenvalue weighted by molar-refractivity contribution is 0.0912. The molecule has 3 nitrogen and oxygen atoms in total. The van der Waals surface area contributed by atoms with E-state index in [2.05, 4.69) is 11.4 Å². The van der Waals surface area contributed by atoms with Crippen LogP contribution in [0.1, 0.15) is 54.4 Å². The molecule has 106 valence electrons. The van der Waals surface area contributed by atoms with Crippen molar-refractivity contribution in [1.82, 2.24) is 5.32 Å². The molecule has 1 saturated carbocycles. The van der Waals surface area contributed by atoms with Crippen molar-refractivity contribution in [3.8, 4) is 6.07 Å². The monoisotopic (exact) mass is 274 g/mol. The Balaban J connectivity index is 2.18. The maximum absolute atomic E-state index is 13.4. The van der Waals surface area contributed by atoms with Crippen molar-refractivity contribution in [3.05, 3.63) is 35.1 Å². The Bertz CT molecular complexity index is 520. The Morgan fingerprint density at radius 3 is 2.45 bits per heavy atom. The molecule has 0 heterocycles. The van der Waals surface area contributed by atoms with Crippen molar-refractivity contribution in [2.24, 2.45) is 0 Å². The first kappa shape index (κ1) is 14.5. The Kier molecular flexibility index (Phi) is 4.39. The zero-order valence-corrected chi connectivity index (χ0v) is 11.7. The van der Waals surface area contributed by atoms with E-state index in [0.29, 0.717) is 18.4 Å². The van der Waals surface area contributed by atoms with E-state index in [1.165, 1.54) is 12.1 Å². The Morgan fingerprint density at radius 2 is 1.90 bits per heavy atom. The predicted molar refractivity (Wildman–Crippen MR) is 74.6 cm³/mol. The van der Waals surface area contributed by atoms with E-state index < -0.39 is 11.4 Å². The average molecular weight is 274 g/mol. The van der Waals surface area contributed by atoms with Crippen LogP contribution in [0.4, 0.5) is 4.39 Å². The summed E-state index contributed by atoms with van der Waals surface area (Å²) < 4.78 is 13.4. The topological polar surface area (TPSA) is 52.9 Å². The number of benzene rings is 1. The number of nitriles is 1. The largest absolute Gasteiger partial charge is 0.334 e. The molecule has 2 rings (SSSR count). The summed E-state index contributed by atoms with van der Waals surface area (Å²) in [6.45, 7) is 1.74. The van der Waals surface area contributed by atoms with Crippen molar-refractivity contribution >= 4 is 5.91 Å². The molecule has 0 unspecified atom stereocenters. The number of aryl methyl sites for hydroxylation is 1. The van der Waals surface area contributed by atoms with Crippen LogP contribution in [0.2, 0.25) is 0 Å². The highest BCUT2D eigenvalue weighted by Gasteiger charge is 2.32. The summed E-state index contributed by atoms with van der Waals surface area (Å²) in [5.41, 5.74) is 0.178. The molecule has 0 spiro atoms. The normalized spacial score (nSPS) is 17.9. The van der Waals surface area contributed by atoms with Gasteiger partial charge >= 0.3 is 0 Å². The van der Waals surface area contributed by atoms with Crippen LogP contribution in [0.15, 0.2) is 18.2 Å². The molecule has 4 heteroatoms. The highest BCUT2D eigenvalue weighted by Crippen LogP contribution is 2.27. The second kappa shape index (κ2) is 6.04. The van der Waals surface area contributed by atoms with Crippen LogP contribution < -0.4 is 5.32 Å². The van der Waals surface area contributed by atoms with Crippen LogP contribution in [0.5, 0.6) is 0 Å². The van der Waals surface area contributed by atoms with Crippen LogP contribution in [0, 0.1) is 24.1 Å². The van der Waals surface area contributed by atoms with E-state index in [9.17, 15) is 14.4 Å². The molecule has 1 fully saturated rings. The minimum absolute atomic E-state index is 0.279. The van der Waals surface area contributed by atoms with E-state index in [-0.39, 0.29) is 11.5 Å². The zero-order chi connectivity index (χ0) is 14.6. The first-order chi connectivity index (χ1) is 9.54. The van der Waals surface area contributed by atoms with E-state index >= 15 is 0 Å². The summed E-state index contributed by atoms with van der Waals surface area (Å²) in [7, 11) is 0. The van der Waals surface area contributed by atoms with Gasteiger partial charge in [0.05, 0.1) is 6.07 Å². The zero-order valence-electron chi connectivity index (χ0n) is 11.7. The summed E-state index contributed by atoms with van der Waals surface area (Å²) in [4.78, 5) is 12.3. The minimum Gasteiger partial charge on any atom is -0.334 e. The number of carbonyl (C=O) groups is 1. The van der Waals surface area contributed by atoms with Crippen LogP contribution in [-0.2, 0) is 0 Å². The van der Waals surface area contributed by atoms with Gasteiger partial charge in [-0.1, -0.05) is 25.7 Å². The van der Waals surface area contributed by atoms with Gasteiger partial charge in [-0.25, -0.2) is 4.39 Å². The van der Waals surface area contributed by atoms with Crippen molar-refractivity contribution in [3.63, 3.8) is 0 Å². The number of rotatable bonds is 2. The first-order valence-electron chi connectivity index (χ1n) is 7.06. The van der Waals surface area contributed by atoms with Gasteiger partial charge in [-0.3, -0.25) is 4.79 Å². The fraction of sp³-hybridized carbons (Fsp3) is 0.500. The van der Waals surface area contributed by atoms with Crippen LogP contribution in [0.3, 0.4) is 0 Å². The highest BCUT2D eigenvalue weighted by molar-refractivity contribution is 5.95. The van der Waals surface area contributed by atoms with E-state index in [0.717, 1.165) is 25.7 Å². The summed E-state index contributed by atoms with van der Waals surface area (Å²) in [6.07, 6.45) is 5.41. The van der Waals surface area contributed by atoms with Crippen molar-refractivity contribution in [1.29, 1.82) is 5.26 Å². The molecule has 1 amide bonds. The van der Waals surface area contributed by atoms with E-state index in [1.54, 1.807) is 13.0 Å². The summed E-state index contributed by atoms with van der Waals surface area (Å²) in [6, 6.07) is 6.49. The number of hydrogen-bond acceptors (Lipinski definition) is 2. The quantitative estimate of drug-likeness (QED) is 0.839. The number of amides is 1. The SMILES string of the molecule is Cc1cc(F)cc(C(=O)NC2(C#N)CCCCCC2)c1. The number of nitrogens with zero attached hydrogens (tertiary/aromatic N) is 1. The summed E-state index contributed by atoms with van der Waals surface area (Å²) >= 11 is 0. The maximum Gasteiger partial charge on any atom is 0.252 e. The summed E-state index contributed by atoms with van der Waals surface area (Å²) in [5, 5.41) is 12.3. The molecular weight excluding hydrogens is 255 g/mol. The minimum atomic E-state index is -0.798. The molecule has 0 radical (unpaired) electrons. The number of carbonyl (C=O) groups excluding carboxylic acids is 1. The number of nitrogens with one attached hydrogen (secondary N) is 1. The van der Waals surface area contributed by atoms with Gasteiger partial charge in [-0.15, -0.1) is 0 Å². The lowest BCUT2D eigenvalue weighted by Gasteiger charge is -2.26. The van der Waals surface area contributed by atoms with Crippen molar-refractivity contribution in [2.45, 2.75) is 51.0 Å². The molecule has 1 aromatic rings. The molecule has 0 saturated heterocycles. The van der Waals surface area contributed by atoms with Gasteiger partial charge in [-0.2, -0.15) is 5.26 Å². The van der Waals surface area contributed by atoms with Gasteiger partial charge in [0.2, 0.25) is 0 Å². The average Bonchev–Trinajstić information content (AvgIpc) is 2.64. The third kappa shape index (κ3) is 3.36. The number of halogens is 1. The molecule has 1 N–H and O–H groups in total. The van der Waals surface area contributed by atoms with Crippen molar-refractivity contribution < 1.29 is 9.18 Å². The predicted octanol–water partition coefficient (Wildman–Crippen LogP) is 3.48. The van der Waals surface area contributed by atoms with Gasteiger partial charge < -0.3 is 5.32 Å². The Hall–Kier alpha value is -1.89. The molecule has 1 aliphatic carbocycles. The molecule has 1 aromatic carbocycles. The highest BCUT2D eigenvalue weighted by atomic mass is 19.1. The third-order valence-corrected chi connectivity index (χ3v) is 3.83. The van der Waals surface area contributed by atoms with E-state index in [4.69, 9.17) is 0 Å². The smallest absolute Gasteiger partial charge is 0.252 e. The van der Waals surface area contributed by atoms with Gasteiger partial charge in [0.15, 0.2) is 0 Å². The molecular formula is C16H19FN2O. The molecule has 20 heavy (non-hydrogen) atoms. The van der Waals surface area contributed by atoms with Crippen LogP contribution >= 0.6 is 0 Å². The van der Waals surface area contributed by atoms with Crippen LogP contribution in [-0.4, -0.2) is 11.4 Å². The molecule has 0 aromatic heterocycles. The maximum atomic E-state index is 13.4. The summed E-state index contributed by atoms with van der Waals surface area (Å²) in [5.74, 6) is -0.793. The Labute approximate surface area is 118 Å². The van der Waals surface area contributed by atoms with Gasteiger partial charge in [0.1, 0.15) is 11.4 Å². The molecule has 0 atom stereocenters. The van der Waals surface area contributed by atoms with Crippen molar-refractivity contribution in [2.75, 3.05) is 0 Å². The number of hydrogen-bond donors (Lipinski definition) is 1. The van der Waals surface area contributed by atoms with Gasteiger partial charge in [0, 0.05) is 5.56 Å². The lowest BCUT2D eigenvalue weighted by atomic mass is 9.91. The van der Waals surface area contributed by atoms with Crippen LogP contribution in [0.25, 0.3) is 0 Å². The second-order valence-corrected chi connectivity index (χ2v) is 5.58. The van der Waals surface area contributed by atoms with Gasteiger partial charge in [-0.05, 0) is 43.5 Å². The molecule has 1 aliphatic rings. The molecule has 0 bridgehead atoms. The third-order valence-electron chi connectivity index (χ3n) is 3.83. The standard InChI is InChI=1S/C16H19FN2O/c1-12-8-13(10-14(17)9-12)15(20)19-16(11-18)6-4-2-3-5-7-16/h8-10H,2-7H2,1H3,(H,19,20). The van der Waals surface area contributed by atoms with E-state index in [1.807, 2.05) is 0 Å².